The van der Waals surface area contributed by atoms with Crippen LogP contribution < -0.4 is 0 Å². The second-order valence-electron chi connectivity index (χ2n) is 3.31. The van der Waals surface area contributed by atoms with E-state index in [1.807, 2.05) is 13.8 Å². The summed E-state index contributed by atoms with van der Waals surface area (Å²) in [5.74, 6) is -0.457. The summed E-state index contributed by atoms with van der Waals surface area (Å²) in [4.78, 5) is 11.0. The number of esters is 1. The molecule has 0 aromatic heterocycles. The Hall–Kier alpha value is -0.770. The molecule has 0 amide bonds. The van der Waals surface area contributed by atoms with Crippen molar-refractivity contribution in [1.29, 1.82) is 5.41 Å². The van der Waals surface area contributed by atoms with Crippen molar-refractivity contribution in [3.8, 4) is 0 Å². The molecule has 0 aromatic carbocycles. The zero-order valence-corrected chi connectivity index (χ0v) is 9.81. The van der Waals surface area contributed by atoms with Crippen molar-refractivity contribution in [3.05, 3.63) is 0 Å². The number of nitrogens with one attached hydrogen (secondary N) is 1. The van der Waals surface area contributed by atoms with E-state index in [1.165, 1.54) is 0 Å². The number of carbonyl (C=O) groups excluding carboxylic acids is 1. The summed E-state index contributed by atoms with van der Waals surface area (Å²) >= 11 is 0. The molecule has 4 nitrogen and oxygen atoms in total. The topological polar surface area (TPSA) is 59.4 Å². The Balaban J connectivity index is 0. The minimum Gasteiger partial charge on any atom is -0.478 e. The molecule has 0 fully saturated rings. The molecule has 0 spiro atoms. The smallest absolute Gasteiger partial charge is 0.315 e. The van der Waals surface area contributed by atoms with E-state index in [0.29, 0.717) is 0 Å². The molecule has 1 N–H and O–H groups in total. The van der Waals surface area contributed by atoms with Gasteiger partial charge in [0, 0.05) is 0 Å². The average molecular weight is 224 g/mol. The van der Waals surface area contributed by atoms with Crippen molar-refractivity contribution in [2.75, 3.05) is 0 Å². The van der Waals surface area contributed by atoms with Crippen LogP contribution in [0.1, 0.15) is 34.1 Å². The summed E-state index contributed by atoms with van der Waals surface area (Å²) < 4.78 is 9.83. The largest absolute Gasteiger partial charge is 0.478 e. The SMILES string of the molecule is CC(C)OC(=N)CC(=O)OC(C)C.Cl. The van der Waals surface area contributed by atoms with E-state index in [9.17, 15) is 4.79 Å². The van der Waals surface area contributed by atoms with Crippen LogP contribution in [0.15, 0.2) is 0 Å². The lowest BCUT2D eigenvalue weighted by Gasteiger charge is -2.11. The van der Waals surface area contributed by atoms with Gasteiger partial charge in [-0.05, 0) is 27.7 Å². The molecular weight excluding hydrogens is 206 g/mol. The van der Waals surface area contributed by atoms with Gasteiger partial charge in [0.1, 0.15) is 6.42 Å². The minimum absolute atomic E-state index is 0. The molecule has 0 aliphatic rings. The van der Waals surface area contributed by atoms with Crippen LogP contribution >= 0.6 is 12.4 Å². The van der Waals surface area contributed by atoms with Crippen molar-refractivity contribution in [1.82, 2.24) is 0 Å². The Morgan fingerprint density at radius 1 is 1.14 bits per heavy atom. The van der Waals surface area contributed by atoms with Gasteiger partial charge in [-0.25, -0.2) is 0 Å². The summed E-state index contributed by atoms with van der Waals surface area (Å²) in [7, 11) is 0. The number of rotatable bonds is 4. The van der Waals surface area contributed by atoms with Gasteiger partial charge < -0.3 is 9.47 Å². The molecule has 0 aliphatic carbocycles. The summed E-state index contributed by atoms with van der Waals surface area (Å²) in [6, 6.07) is 0. The first-order chi connectivity index (χ1) is 5.91. The molecule has 0 bridgehead atoms. The highest BCUT2D eigenvalue weighted by atomic mass is 35.5. The van der Waals surface area contributed by atoms with E-state index in [1.54, 1.807) is 13.8 Å². The summed E-state index contributed by atoms with van der Waals surface area (Å²) in [5, 5.41) is 7.27. The van der Waals surface area contributed by atoms with Gasteiger partial charge in [0.05, 0.1) is 12.2 Å². The fourth-order valence-electron chi connectivity index (χ4n) is 0.762. The Bertz CT molecular complexity index is 172. The highest BCUT2D eigenvalue weighted by molar-refractivity contribution is 5.92. The minimum atomic E-state index is -0.416. The third-order valence-corrected chi connectivity index (χ3v) is 1.05. The van der Waals surface area contributed by atoms with Crippen molar-refractivity contribution >= 4 is 24.3 Å². The lowest BCUT2D eigenvalue weighted by molar-refractivity contribution is -0.146. The van der Waals surface area contributed by atoms with Crippen molar-refractivity contribution < 1.29 is 14.3 Å². The first kappa shape index (κ1) is 15.7. The zero-order valence-electron chi connectivity index (χ0n) is 8.99. The molecule has 14 heavy (non-hydrogen) atoms. The van der Waals surface area contributed by atoms with E-state index >= 15 is 0 Å². The van der Waals surface area contributed by atoms with E-state index in [-0.39, 0.29) is 36.9 Å². The molecule has 0 radical (unpaired) electrons. The maximum Gasteiger partial charge on any atom is 0.315 e. The molecule has 0 atom stereocenters. The van der Waals surface area contributed by atoms with E-state index in [2.05, 4.69) is 0 Å². The fraction of sp³-hybridized carbons (Fsp3) is 0.778. The van der Waals surface area contributed by atoms with Gasteiger partial charge in [-0.15, -0.1) is 12.4 Å². The Morgan fingerprint density at radius 3 is 1.93 bits per heavy atom. The first-order valence-corrected chi connectivity index (χ1v) is 4.35. The molecule has 0 saturated heterocycles. The molecule has 0 saturated carbocycles. The molecule has 5 heteroatoms. The Kier molecular flexibility index (Phi) is 8.54. The lowest BCUT2D eigenvalue weighted by atomic mass is 10.4. The standard InChI is InChI=1S/C9H17NO3.ClH/c1-6(2)12-8(10)5-9(11)13-7(3)4;/h6-7,10H,5H2,1-4H3;1H. The van der Waals surface area contributed by atoms with Gasteiger partial charge in [-0.2, -0.15) is 0 Å². The predicted octanol–water partition coefficient (Wildman–Crippen LogP) is 2.15. The van der Waals surface area contributed by atoms with Crippen LogP contribution in [0.3, 0.4) is 0 Å². The Morgan fingerprint density at radius 2 is 1.57 bits per heavy atom. The average Bonchev–Trinajstić information content (AvgIpc) is 1.80. The third-order valence-electron chi connectivity index (χ3n) is 1.05. The quantitative estimate of drug-likeness (QED) is 0.451. The number of carbonyl (C=O) groups is 1. The fourth-order valence-corrected chi connectivity index (χ4v) is 0.762. The Labute approximate surface area is 90.9 Å². The second kappa shape index (κ2) is 7.62. The molecule has 0 aliphatic heterocycles. The van der Waals surface area contributed by atoms with E-state index in [0.717, 1.165) is 0 Å². The number of hydrogen-bond acceptors (Lipinski definition) is 4. The summed E-state index contributed by atoms with van der Waals surface area (Å²) in [5.41, 5.74) is 0. The third kappa shape index (κ3) is 9.32. The van der Waals surface area contributed by atoms with Crippen LogP contribution in [0.4, 0.5) is 0 Å². The van der Waals surface area contributed by atoms with Crippen LogP contribution in [0, 0.1) is 5.41 Å². The van der Waals surface area contributed by atoms with E-state index in [4.69, 9.17) is 14.9 Å². The molecular formula is C9H18ClNO3. The normalized spacial score (nSPS) is 9.57. The van der Waals surface area contributed by atoms with Gasteiger partial charge in [-0.3, -0.25) is 10.2 Å². The summed E-state index contributed by atoms with van der Waals surface area (Å²) in [6.45, 7) is 7.15. The zero-order chi connectivity index (χ0) is 10.4. The maximum absolute atomic E-state index is 11.0. The van der Waals surface area contributed by atoms with Gasteiger partial charge in [-0.1, -0.05) is 0 Å². The molecule has 0 heterocycles. The van der Waals surface area contributed by atoms with Crippen LogP contribution in [-0.4, -0.2) is 24.1 Å². The number of hydrogen-bond donors (Lipinski definition) is 1. The number of ether oxygens (including phenoxy) is 2. The molecule has 0 aromatic rings. The van der Waals surface area contributed by atoms with Crippen LogP contribution in [0.2, 0.25) is 0 Å². The van der Waals surface area contributed by atoms with Crippen LogP contribution in [0.5, 0.6) is 0 Å². The first-order valence-electron chi connectivity index (χ1n) is 4.35. The van der Waals surface area contributed by atoms with Crippen molar-refractivity contribution in [3.63, 3.8) is 0 Å². The van der Waals surface area contributed by atoms with Crippen LogP contribution in [-0.2, 0) is 14.3 Å². The monoisotopic (exact) mass is 223 g/mol. The highest BCUT2D eigenvalue weighted by Crippen LogP contribution is 1.98. The molecule has 84 valence electrons. The van der Waals surface area contributed by atoms with Crippen LogP contribution in [0.25, 0.3) is 0 Å². The van der Waals surface area contributed by atoms with Crippen molar-refractivity contribution in [2.45, 2.75) is 46.3 Å². The predicted molar refractivity (Wildman–Crippen MR) is 57.0 cm³/mol. The lowest BCUT2D eigenvalue weighted by Crippen LogP contribution is -2.18. The maximum atomic E-state index is 11.0. The van der Waals surface area contributed by atoms with Gasteiger partial charge in [0.2, 0.25) is 0 Å². The number of halogens is 1. The highest BCUT2D eigenvalue weighted by Gasteiger charge is 2.10. The van der Waals surface area contributed by atoms with E-state index < -0.39 is 5.97 Å². The molecule has 0 unspecified atom stereocenters. The second-order valence-corrected chi connectivity index (χ2v) is 3.31. The van der Waals surface area contributed by atoms with Gasteiger partial charge >= 0.3 is 5.97 Å². The van der Waals surface area contributed by atoms with Gasteiger partial charge in [0.25, 0.3) is 0 Å². The summed E-state index contributed by atoms with van der Waals surface area (Å²) in [6.07, 6.45) is -0.296. The van der Waals surface area contributed by atoms with Gasteiger partial charge in [0.15, 0.2) is 5.90 Å². The molecule has 0 rings (SSSR count). The van der Waals surface area contributed by atoms with Crippen molar-refractivity contribution in [2.24, 2.45) is 0 Å².